The molecule has 0 aromatic heterocycles. The van der Waals surface area contributed by atoms with Gasteiger partial charge in [-0.3, -0.25) is 14.4 Å². The van der Waals surface area contributed by atoms with Gasteiger partial charge in [0.15, 0.2) is 0 Å². The van der Waals surface area contributed by atoms with Crippen molar-refractivity contribution in [2.24, 2.45) is 0 Å². The molecule has 7 nitrogen and oxygen atoms in total. The molecule has 2 rings (SSSR count). The number of carbonyl (C=O) groups is 3. The van der Waals surface area contributed by atoms with Crippen molar-refractivity contribution in [2.45, 2.75) is 45.2 Å². The Kier molecular flexibility index (Phi) is 7.79. The van der Waals surface area contributed by atoms with E-state index in [1.165, 1.54) is 7.11 Å². The summed E-state index contributed by atoms with van der Waals surface area (Å²) in [7, 11) is 1.45. The van der Waals surface area contributed by atoms with E-state index in [-0.39, 0.29) is 30.4 Å². The van der Waals surface area contributed by atoms with Crippen LogP contribution in [0.25, 0.3) is 0 Å². The predicted octanol–water partition coefficient (Wildman–Crippen LogP) is 0.796. The van der Waals surface area contributed by atoms with Crippen molar-refractivity contribution in [1.82, 2.24) is 15.5 Å². The first-order valence-corrected chi connectivity index (χ1v) is 9.36. The highest BCUT2D eigenvalue weighted by atomic mass is 16.5. The van der Waals surface area contributed by atoms with Crippen molar-refractivity contribution in [2.75, 3.05) is 26.8 Å². The van der Waals surface area contributed by atoms with E-state index in [2.05, 4.69) is 10.6 Å². The Morgan fingerprint density at radius 2 is 2.00 bits per heavy atom. The van der Waals surface area contributed by atoms with Crippen molar-refractivity contribution in [3.63, 3.8) is 0 Å². The van der Waals surface area contributed by atoms with Crippen LogP contribution in [0.3, 0.4) is 0 Å². The Labute approximate surface area is 160 Å². The monoisotopic (exact) mass is 375 g/mol. The summed E-state index contributed by atoms with van der Waals surface area (Å²) in [6, 6.07) is 7.17. The van der Waals surface area contributed by atoms with Crippen LogP contribution < -0.4 is 10.6 Å². The molecule has 7 heteroatoms. The number of amides is 3. The van der Waals surface area contributed by atoms with Gasteiger partial charge >= 0.3 is 0 Å². The van der Waals surface area contributed by atoms with Gasteiger partial charge in [0.1, 0.15) is 12.6 Å². The third-order valence-corrected chi connectivity index (χ3v) is 4.79. The van der Waals surface area contributed by atoms with E-state index >= 15 is 0 Å². The zero-order valence-corrected chi connectivity index (χ0v) is 16.3. The second-order valence-electron chi connectivity index (χ2n) is 6.82. The van der Waals surface area contributed by atoms with Gasteiger partial charge in [-0.2, -0.15) is 0 Å². The van der Waals surface area contributed by atoms with Gasteiger partial charge in [0.2, 0.25) is 17.7 Å². The third-order valence-electron chi connectivity index (χ3n) is 4.79. The summed E-state index contributed by atoms with van der Waals surface area (Å²) in [6.45, 7) is 4.66. The number of likely N-dealkylation sites (N-methyl/N-ethyl adjacent to an activating group) is 1. The second-order valence-corrected chi connectivity index (χ2v) is 6.82. The van der Waals surface area contributed by atoms with Crippen LogP contribution in [0.2, 0.25) is 0 Å². The normalized spacial score (nSPS) is 19.0. The average Bonchev–Trinajstić information content (AvgIpc) is 3.05. The first kappa shape index (κ1) is 20.9. The van der Waals surface area contributed by atoms with Crippen LogP contribution in [0.15, 0.2) is 24.3 Å². The standard InChI is InChI=1S/C20H29N3O4/c1-4-21-20(26)17-11-16(22-18(24)13-27-3)12-23(17)19(25)10-9-15-8-6-5-7-14(15)2/h5-8,16-17H,4,9-13H2,1-3H3,(H,21,26)(H,22,24)/t16-,17-/m0/s1. The number of methoxy groups -OCH3 is 1. The summed E-state index contributed by atoms with van der Waals surface area (Å²) < 4.78 is 4.83. The second kappa shape index (κ2) is 10.1. The molecule has 2 N–H and O–H groups in total. The maximum atomic E-state index is 12.8. The lowest BCUT2D eigenvalue weighted by Gasteiger charge is -2.23. The Morgan fingerprint density at radius 3 is 2.67 bits per heavy atom. The van der Waals surface area contributed by atoms with Crippen LogP contribution in [0.4, 0.5) is 0 Å². The van der Waals surface area contributed by atoms with Crippen molar-refractivity contribution < 1.29 is 19.1 Å². The van der Waals surface area contributed by atoms with Crippen LogP contribution in [0.1, 0.15) is 30.9 Å². The van der Waals surface area contributed by atoms with Crippen molar-refractivity contribution >= 4 is 17.7 Å². The number of hydrogen-bond acceptors (Lipinski definition) is 4. The summed E-state index contributed by atoms with van der Waals surface area (Å²) in [6.07, 6.45) is 1.38. The minimum absolute atomic E-state index is 0.0381. The number of ether oxygens (including phenoxy) is 1. The molecule has 0 saturated carbocycles. The fourth-order valence-electron chi connectivity index (χ4n) is 3.43. The molecule has 1 aliphatic rings. The molecule has 1 fully saturated rings. The van der Waals surface area contributed by atoms with Crippen LogP contribution in [0.5, 0.6) is 0 Å². The van der Waals surface area contributed by atoms with Crippen molar-refractivity contribution in [1.29, 1.82) is 0 Å². The minimum atomic E-state index is -0.554. The molecular formula is C20H29N3O4. The Balaban J connectivity index is 2.02. The van der Waals surface area contributed by atoms with E-state index in [4.69, 9.17) is 4.74 Å². The number of carbonyl (C=O) groups excluding carboxylic acids is 3. The minimum Gasteiger partial charge on any atom is -0.375 e. The number of benzene rings is 1. The lowest BCUT2D eigenvalue weighted by atomic mass is 10.0. The highest BCUT2D eigenvalue weighted by molar-refractivity contribution is 5.89. The van der Waals surface area contributed by atoms with E-state index in [0.717, 1.165) is 11.1 Å². The van der Waals surface area contributed by atoms with Gasteiger partial charge in [-0.1, -0.05) is 24.3 Å². The molecule has 1 aliphatic heterocycles. The molecule has 148 valence electrons. The molecule has 1 saturated heterocycles. The van der Waals surface area contributed by atoms with E-state index in [0.29, 0.717) is 32.4 Å². The van der Waals surface area contributed by atoms with Crippen molar-refractivity contribution in [3.8, 4) is 0 Å². The molecule has 0 bridgehead atoms. The molecule has 3 amide bonds. The molecule has 1 aromatic rings. The van der Waals surface area contributed by atoms with Gasteiger partial charge in [0.05, 0.1) is 0 Å². The van der Waals surface area contributed by atoms with Crippen LogP contribution >= 0.6 is 0 Å². The number of hydrogen-bond donors (Lipinski definition) is 2. The van der Waals surface area contributed by atoms with Gasteiger partial charge in [0.25, 0.3) is 0 Å². The smallest absolute Gasteiger partial charge is 0.246 e. The molecule has 2 atom stereocenters. The SMILES string of the molecule is CCNC(=O)[C@@H]1C[C@H](NC(=O)COC)CN1C(=O)CCc1ccccc1C. The van der Waals surface area contributed by atoms with Gasteiger partial charge in [-0.25, -0.2) is 0 Å². The summed E-state index contributed by atoms with van der Waals surface area (Å²) in [5.41, 5.74) is 2.28. The first-order valence-electron chi connectivity index (χ1n) is 9.36. The highest BCUT2D eigenvalue weighted by Crippen LogP contribution is 2.21. The van der Waals surface area contributed by atoms with E-state index < -0.39 is 6.04 Å². The highest BCUT2D eigenvalue weighted by Gasteiger charge is 2.39. The van der Waals surface area contributed by atoms with E-state index in [1.54, 1.807) is 4.90 Å². The van der Waals surface area contributed by atoms with E-state index in [9.17, 15) is 14.4 Å². The topological polar surface area (TPSA) is 87.7 Å². The largest absolute Gasteiger partial charge is 0.375 e. The van der Waals surface area contributed by atoms with Gasteiger partial charge < -0.3 is 20.3 Å². The number of nitrogens with zero attached hydrogens (tertiary/aromatic N) is 1. The molecule has 0 unspecified atom stereocenters. The molecule has 0 radical (unpaired) electrons. The molecule has 27 heavy (non-hydrogen) atoms. The zero-order chi connectivity index (χ0) is 19.8. The predicted molar refractivity (Wildman–Crippen MR) is 102 cm³/mol. The Hall–Kier alpha value is -2.41. The first-order chi connectivity index (χ1) is 13.0. The lowest BCUT2D eigenvalue weighted by Crippen LogP contribution is -2.46. The maximum absolute atomic E-state index is 12.8. The molecule has 1 heterocycles. The summed E-state index contributed by atoms with van der Waals surface area (Å²) in [5, 5.41) is 5.62. The average molecular weight is 375 g/mol. The van der Waals surface area contributed by atoms with Crippen molar-refractivity contribution in [3.05, 3.63) is 35.4 Å². The van der Waals surface area contributed by atoms with Gasteiger partial charge in [-0.15, -0.1) is 0 Å². The molecular weight excluding hydrogens is 346 g/mol. The number of likely N-dealkylation sites (tertiary alicyclic amines) is 1. The van der Waals surface area contributed by atoms with Crippen LogP contribution in [0, 0.1) is 6.92 Å². The Morgan fingerprint density at radius 1 is 1.26 bits per heavy atom. The van der Waals surface area contributed by atoms with Gasteiger partial charge in [0, 0.05) is 32.7 Å². The fourth-order valence-corrected chi connectivity index (χ4v) is 3.43. The maximum Gasteiger partial charge on any atom is 0.246 e. The molecule has 1 aromatic carbocycles. The molecule has 0 aliphatic carbocycles. The summed E-state index contributed by atoms with van der Waals surface area (Å²) in [5.74, 6) is -0.491. The third kappa shape index (κ3) is 5.79. The lowest BCUT2D eigenvalue weighted by molar-refractivity contribution is -0.138. The fraction of sp³-hybridized carbons (Fsp3) is 0.550. The Bertz CT molecular complexity index is 677. The summed E-state index contributed by atoms with van der Waals surface area (Å²) >= 11 is 0. The zero-order valence-electron chi connectivity index (χ0n) is 16.3. The number of rotatable bonds is 8. The van der Waals surface area contributed by atoms with E-state index in [1.807, 2.05) is 38.1 Å². The van der Waals surface area contributed by atoms with Gasteiger partial charge in [-0.05, 0) is 37.8 Å². The number of nitrogens with one attached hydrogen (secondary N) is 2. The van der Waals surface area contributed by atoms with Crippen LogP contribution in [-0.4, -0.2) is 61.5 Å². The summed E-state index contributed by atoms with van der Waals surface area (Å²) in [4.78, 5) is 38.6. The quantitative estimate of drug-likeness (QED) is 0.703. The molecule has 0 spiro atoms. The van der Waals surface area contributed by atoms with Crippen LogP contribution in [-0.2, 0) is 25.5 Å². The number of aryl methyl sites for hydroxylation is 2.